The number of nitrogens with zero attached hydrogens (tertiary/aromatic N) is 5. The second-order valence-corrected chi connectivity index (χ2v) is 10.6. The largest absolute Gasteiger partial charge is 0.416 e. The van der Waals surface area contributed by atoms with E-state index in [1.54, 1.807) is 31.3 Å². The van der Waals surface area contributed by atoms with Crippen molar-refractivity contribution in [1.29, 1.82) is 0 Å². The Labute approximate surface area is 246 Å². The monoisotopic (exact) mass is 594 g/mol. The molecule has 3 heterocycles. The molecule has 5 rings (SSSR count). The number of nitrogens with two attached hydrogens (primary N) is 1. The van der Waals surface area contributed by atoms with E-state index in [0.717, 1.165) is 25.7 Å². The lowest BCUT2D eigenvalue weighted by Gasteiger charge is -2.34. The van der Waals surface area contributed by atoms with Crippen molar-refractivity contribution in [2.24, 2.45) is 5.73 Å². The van der Waals surface area contributed by atoms with Gasteiger partial charge in [0.1, 0.15) is 17.8 Å². The number of hydrogen-bond donors (Lipinski definition) is 3. The van der Waals surface area contributed by atoms with Gasteiger partial charge in [-0.15, -0.1) is 0 Å². The zero-order chi connectivity index (χ0) is 30.9. The highest BCUT2D eigenvalue weighted by Gasteiger charge is 2.35. The molecule has 2 aromatic heterocycles. The average molecular weight is 595 g/mol. The quantitative estimate of drug-likeness (QED) is 0.281. The molecule has 1 aliphatic rings. The number of piperazine rings is 1. The van der Waals surface area contributed by atoms with Crippen LogP contribution in [0, 0.1) is 6.92 Å². The number of urea groups is 1. The van der Waals surface area contributed by atoms with Crippen LogP contribution in [0.3, 0.4) is 0 Å². The molecule has 0 spiro atoms. The molecule has 0 aliphatic carbocycles. The molecule has 0 atom stereocenters. The van der Waals surface area contributed by atoms with Crippen molar-refractivity contribution < 1.29 is 22.8 Å². The molecular formula is C30H33F3N8O2. The predicted molar refractivity (Wildman–Crippen MR) is 159 cm³/mol. The Kier molecular flexibility index (Phi) is 8.38. The van der Waals surface area contributed by atoms with Gasteiger partial charge in [-0.25, -0.2) is 14.8 Å². The summed E-state index contributed by atoms with van der Waals surface area (Å²) in [5, 5.41) is 3.39. The highest BCUT2D eigenvalue weighted by atomic mass is 19.4. The summed E-state index contributed by atoms with van der Waals surface area (Å²) in [6, 6.07) is 8.16. The summed E-state index contributed by atoms with van der Waals surface area (Å²) in [5.41, 5.74) is 6.46. The molecule has 0 unspecified atom stereocenters. The number of alkyl halides is 3. The van der Waals surface area contributed by atoms with E-state index in [4.69, 9.17) is 5.73 Å². The van der Waals surface area contributed by atoms with Crippen molar-refractivity contribution >= 4 is 34.5 Å². The number of aromatic amines is 1. The van der Waals surface area contributed by atoms with Gasteiger partial charge in [-0.1, -0.05) is 25.1 Å². The lowest BCUT2D eigenvalue weighted by atomic mass is 9.91. The number of aromatic nitrogens is 3. The standard InChI is InChI=1S/C30H33F3N8O2/c1-4-40-11-13-41(14-12-40)16-20-7-6-19(15-23(20)30(31,32)33)24-21(26(34)42)8-5-18(2)25(24)38-29(43)39(3)28-22-9-10-35-27(22)36-17-37-28/h5-10,15,17H,4,11-14,16H2,1-3H3,(H2,34,42)(H,38,43)(H,35,36,37). The number of primary amides is 1. The van der Waals surface area contributed by atoms with Gasteiger partial charge in [0.15, 0.2) is 0 Å². The molecule has 13 heteroatoms. The number of anilines is 2. The van der Waals surface area contributed by atoms with Crippen LogP contribution in [0.5, 0.6) is 0 Å². The number of hydrogen-bond acceptors (Lipinski definition) is 6. The second kappa shape index (κ2) is 12.0. The van der Waals surface area contributed by atoms with Crippen LogP contribution >= 0.6 is 0 Å². The predicted octanol–water partition coefficient (Wildman–Crippen LogP) is 4.86. The summed E-state index contributed by atoms with van der Waals surface area (Å²) in [5.74, 6) is -0.521. The Bertz CT molecular complexity index is 1660. The summed E-state index contributed by atoms with van der Waals surface area (Å²) < 4.78 is 43.3. The van der Waals surface area contributed by atoms with Crippen LogP contribution in [-0.2, 0) is 12.7 Å². The van der Waals surface area contributed by atoms with E-state index in [-0.39, 0.29) is 34.5 Å². The van der Waals surface area contributed by atoms with Gasteiger partial charge < -0.3 is 20.9 Å². The molecule has 1 fully saturated rings. The lowest BCUT2D eigenvalue weighted by Crippen LogP contribution is -2.45. The first-order chi connectivity index (χ1) is 20.5. The third-order valence-electron chi connectivity index (χ3n) is 7.88. The number of carbonyl (C=O) groups excluding carboxylic acids is 2. The van der Waals surface area contributed by atoms with Crippen LogP contribution in [0.15, 0.2) is 48.9 Å². The number of H-pyrrole nitrogens is 1. The maximum absolute atomic E-state index is 14.4. The zero-order valence-electron chi connectivity index (χ0n) is 24.1. The third-order valence-corrected chi connectivity index (χ3v) is 7.88. The molecule has 0 saturated carbocycles. The number of nitrogens with one attached hydrogen (secondary N) is 2. The maximum Gasteiger partial charge on any atom is 0.416 e. The van der Waals surface area contributed by atoms with Gasteiger partial charge in [0.25, 0.3) is 0 Å². The number of amides is 3. The Morgan fingerprint density at radius 3 is 2.47 bits per heavy atom. The molecular weight excluding hydrogens is 561 g/mol. The molecule has 3 amide bonds. The molecule has 4 N–H and O–H groups in total. The van der Waals surface area contributed by atoms with E-state index in [2.05, 4.69) is 32.1 Å². The number of aryl methyl sites for hydroxylation is 1. The summed E-state index contributed by atoms with van der Waals surface area (Å²) in [7, 11) is 1.51. The van der Waals surface area contributed by atoms with Gasteiger partial charge in [0.2, 0.25) is 5.91 Å². The fourth-order valence-corrected chi connectivity index (χ4v) is 5.42. The highest BCUT2D eigenvalue weighted by Crippen LogP contribution is 2.40. The number of fused-ring (bicyclic) bond motifs is 1. The molecule has 10 nitrogen and oxygen atoms in total. The number of benzene rings is 2. The molecule has 43 heavy (non-hydrogen) atoms. The van der Waals surface area contributed by atoms with E-state index >= 15 is 0 Å². The lowest BCUT2D eigenvalue weighted by molar-refractivity contribution is -0.138. The second-order valence-electron chi connectivity index (χ2n) is 10.6. The van der Waals surface area contributed by atoms with E-state index in [9.17, 15) is 22.8 Å². The van der Waals surface area contributed by atoms with Crippen molar-refractivity contribution in [3.05, 3.63) is 71.2 Å². The summed E-state index contributed by atoms with van der Waals surface area (Å²) >= 11 is 0. The molecule has 226 valence electrons. The van der Waals surface area contributed by atoms with Crippen LogP contribution < -0.4 is 16.0 Å². The van der Waals surface area contributed by atoms with E-state index in [1.165, 1.54) is 30.4 Å². The summed E-state index contributed by atoms with van der Waals surface area (Å²) in [4.78, 5) is 42.8. The molecule has 0 radical (unpaired) electrons. The highest BCUT2D eigenvalue weighted by molar-refractivity contribution is 6.10. The van der Waals surface area contributed by atoms with Crippen LogP contribution in [0.25, 0.3) is 22.2 Å². The number of rotatable bonds is 7. The Morgan fingerprint density at radius 1 is 1.07 bits per heavy atom. The van der Waals surface area contributed by atoms with Crippen molar-refractivity contribution in [3.8, 4) is 11.1 Å². The Morgan fingerprint density at radius 2 is 1.79 bits per heavy atom. The maximum atomic E-state index is 14.4. The third kappa shape index (κ3) is 6.18. The number of halogens is 3. The van der Waals surface area contributed by atoms with Gasteiger partial charge >= 0.3 is 12.2 Å². The average Bonchev–Trinajstić information content (AvgIpc) is 3.47. The fourth-order valence-electron chi connectivity index (χ4n) is 5.42. The van der Waals surface area contributed by atoms with Crippen LogP contribution in [-0.4, -0.2) is 76.5 Å². The van der Waals surface area contributed by atoms with Crippen LogP contribution in [0.1, 0.15) is 34.0 Å². The first-order valence-corrected chi connectivity index (χ1v) is 13.9. The number of likely N-dealkylation sites (N-methyl/N-ethyl adjacent to an activating group) is 1. The number of carbonyl (C=O) groups is 2. The van der Waals surface area contributed by atoms with Gasteiger partial charge in [0, 0.05) is 57.1 Å². The minimum atomic E-state index is -4.65. The van der Waals surface area contributed by atoms with Gasteiger partial charge in [-0.05, 0) is 48.4 Å². The van der Waals surface area contributed by atoms with Crippen molar-refractivity contribution in [2.75, 3.05) is 50.0 Å². The van der Waals surface area contributed by atoms with Crippen molar-refractivity contribution in [1.82, 2.24) is 24.8 Å². The first kappa shape index (κ1) is 30.0. The molecule has 2 aromatic carbocycles. The zero-order valence-corrected chi connectivity index (χ0v) is 24.1. The Balaban J connectivity index is 1.53. The smallest absolute Gasteiger partial charge is 0.366 e. The van der Waals surface area contributed by atoms with E-state index < -0.39 is 23.7 Å². The normalized spacial score (nSPS) is 14.7. The molecule has 4 aromatic rings. The van der Waals surface area contributed by atoms with E-state index in [0.29, 0.717) is 35.5 Å². The topological polar surface area (TPSA) is 123 Å². The van der Waals surface area contributed by atoms with Crippen LogP contribution in [0.2, 0.25) is 0 Å². The minimum absolute atomic E-state index is 0.0184. The van der Waals surface area contributed by atoms with Crippen molar-refractivity contribution in [3.63, 3.8) is 0 Å². The van der Waals surface area contributed by atoms with Crippen LogP contribution in [0.4, 0.5) is 29.5 Å². The first-order valence-electron chi connectivity index (χ1n) is 13.9. The van der Waals surface area contributed by atoms with Gasteiger partial charge in [0.05, 0.1) is 16.6 Å². The molecule has 1 saturated heterocycles. The molecule has 1 aliphatic heterocycles. The fraction of sp³-hybridized carbons (Fsp3) is 0.333. The van der Waals surface area contributed by atoms with E-state index in [1.807, 2.05) is 4.90 Å². The summed E-state index contributed by atoms with van der Waals surface area (Å²) in [6.45, 7) is 7.72. The van der Waals surface area contributed by atoms with Crippen molar-refractivity contribution in [2.45, 2.75) is 26.6 Å². The van der Waals surface area contributed by atoms with Gasteiger partial charge in [-0.3, -0.25) is 14.6 Å². The SMILES string of the molecule is CCN1CCN(Cc2ccc(-c3c(C(N)=O)ccc(C)c3NC(=O)N(C)c3ncnc4[nH]ccc34)cc2C(F)(F)F)CC1. The minimum Gasteiger partial charge on any atom is -0.366 e. The molecule has 0 bridgehead atoms. The van der Waals surface area contributed by atoms with Gasteiger partial charge in [-0.2, -0.15) is 13.2 Å². The Hall–Kier alpha value is -4.49. The summed E-state index contributed by atoms with van der Waals surface area (Å²) in [6.07, 6.45) is -1.67.